The monoisotopic (exact) mass is 413 g/mol. The number of carbonyl (C=O) groups is 2. The number of rotatable bonds is 5. The lowest BCUT2D eigenvalue weighted by atomic mass is 10.2. The number of carbonyl (C=O) groups excluding carboxylic acids is 2. The summed E-state index contributed by atoms with van der Waals surface area (Å²) in [4.78, 5) is 24.4. The number of aryl methyl sites for hydroxylation is 2. The van der Waals surface area contributed by atoms with Gasteiger partial charge in [-0.3, -0.25) is 25.2 Å². The maximum absolute atomic E-state index is 12.5. The van der Waals surface area contributed by atoms with E-state index in [1.807, 2.05) is 6.92 Å². The fourth-order valence-electron chi connectivity index (χ4n) is 2.53. The van der Waals surface area contributed by atoms with Crippen LogP contribution in [-0.2, 0) is 10.0 Å². The zero-order chi connectivity index (χ0) is 21.0. The van der Waals surface area contributed by atoms with Crippen LogP contribution in [0.1, 0.15) is 32.0 Å². The first-order valence-electron chi connectivity index (χ1n) is 8.60. The summed E-state index contributed by atoms with van der Waals surface area (Å²) >= 11 is 0. The number of furan rings is 1. The summed E-state index contributed by atoms with van der Waals surface area (Å²) < 4.78 is 32.5. The molecule has 0 fully saturated rings. The topological polar surface area (TPSA) is 118 Å². The van der Waals surface area contributed by atoms with Crippen LogP contribution in [0.3, 0.4) is 0 Å². The SMILES string of the molecule is Cc1ccc(S(=O)(=O)Nc2cccc(C(=O)NNC(=O)c3ccoc3C)c2)cc1. The van der Waals surface area contributed by atoms with Gasteiger partial charge in [0, 0.05) is 11.3 Å². The highest BCUT2D eigenvalue weighted by molar-refractivity contribution is 7.92. The molecule has 8 nitrogen and oxygen atoms in total. The molecule has 0 aliphatic heterocycles. The minimum Gasteiger partial charge on any atom is -0.469 e. The molecular formula is C20H19N3O5S. The van der Waals surface area contributed by atoms with E-state index in [2.05, 4.69) is 15.6 Å². The Balaban J connectivity index is 1.68. The van der Waals surface area contributed by atoms with Gasteiger partial charge in [-0.25, -0.2) is 8.42 Å². The number of nitrogens with one attached hydrogen (secondary N) is 3. The van der Waals surface area contributed by atoms with Gasteiger partial charge in [0.1, 0.15) is 5.76 Å². The maximum atomic E-state index is 12.5. The van der Waals surface area contributed by atoms with Crippen molar-refractivity contribution < 1.29 is 22.4 Å². The Bertz CT molecular complexity index is 1150. The Morgan fingerprint density at radius 1 is 0.897 bits per heavy atom. The predicted octanol–water partition coefficient (Wildman–Crippen LogP) is 2.77. The van der Waals surface area contributed by atoms with Crippen LogP contribution in [0.5, 0.6) is 0 Å². The van der Waals surface area contributed by atoms with Crippen LogP contribution in [0, 0.1) is 13.8 Å². The van der Waals surface area contributed by atoms with Crippen molar-refractivity contribution in [3.8, 4) is 0 Å². The van der Waals surface area contributed by atoms with Gasteiger partial charge < -0.3 is 4.42 Å². The fraction of sp³-hybridized carbons (Fsp3) is 0.100. The lowest BCUT2D eigenvalue weighted by Gasteiger charge is -2.10. The van der Waals surface area contributed by atoms with Gasteiger partial charge in [-0.2, -0.15) is 0 Å². The van der Waals surface area contributed by atoms with Gasteiger partial charge in [-0.15, -0.1) is 0 Å². The molecule has 1 aromatic heterocycles. The number of sulfonamides is 1. The van der Waals surface area contributed by atoms with Gasteiger partial charge in [0.05, 0.1) is 16.7 Å². The normalized spacial score (nSPS) is 11.0. The molecule has 2 amide bonds. The third-order valence-corrected chi connectivity index (χ3v) is 5.50. The quantitative estimate of drug-likeness (QED) is 0.556. The molecule has 0 atom stereocenters. The van der Waals surface area contributed by atoms with Crippen molar-refractivity contribution in [3.63, 3.8) is 0 Å². The van der Waals surface area contributed by atoms with Gasteiger partial charge >= 0.3 is 0 Å². The highest BCUT2D eigenvalue weighted by atomic mass is 32.2. The van der Waals surface area contributed by atoms with Crippen molar-refractivity contribution in [2.75, 3.05) is 4.72 Å². The third kappa shape index (κ3) is 4.82. The largest absolute Gasteiger partial charge is 0.469 e. The Kier molecular flexibility index (Phi) is 5.69. The highest BCUT2D eigenvalue weighted by Gasteiger charge is 2.16. The zero-order valence-electron chi connectivity index (χ0n) is 15.7. The second-order valence-electron chi connectivity index (χ2n) is 6.30. The van der Waals surface area contributed by atoms with Crippen LogP contribution in [0.2, 0.25) is 0 Å². The van der Waals surface area contributed by atoms with Crippen molar-refractivity contribution in [3.05, 3.63) is 83.3 Å². The van der Waals surface area contributed by atoms with E-state index in [0.29, 0.717) is 11.3 Å². The number of anilines is 1. The van der Waals surface area contributed by atoms with Crippen molar-refractivity contribution in [1.82, 2.24) is 10.9 Å². The lowest BCUT2D eigenvalue weighted by molar-refractivity contribution is 0.0845. The zero-order valence-corrected chi connectivity index (χ0v) is 16.5. The van der Waals surface area contributed by atoms with E-state index < -0.39 is 21.8 Å². The molecule has 0 aliphatic carbocycles. The van der Waals surface area contributed by atoms with Crippen molar-refractivity contribution in [2.24, 2.45) is 0 Å². The van der Waals surface area contributed by atoms with Crippen LogP contribution in [-0.4, -0.2) is 20.2 Å². The minimum absolute atomic E-state index is 0.112. The Hall–Kier alpha value is -3.59. The van der Waals surface area contributed by atoms with Crippen LogP contribution in [0.4, 0.5) is 5.69 Å². The molecule has 0 saturated heterocycles. The van der Waals surface area contributed by atoms with E-state index >= 15 is 0 Å². The molecule has 1 heterocycles. The average Bonchev–Trinajstić information content (AvgIpc) is 3.12. The molecule has 0 aliphatic rings. The van der Waals surface area contributed by atoms with E-state index in [1.54, 1.807) is 19.1 Å². The van der Waals surface area contributed by atoms with Gasteiger partial charge in [0.15, 0.2) is 0 Å². The average molecular weight is 413 g/mol. The number of hydrazine groups is 1. The summed E-state index contributed by atoms with van der Waals surface area (Å²) in [7, 11) is -3.79. The van der Waals surface area contributed by atoms with Crippen molar-refractivity contribution in [1.29, 1.82) is 0 Å². The fourth-order valence-corrected chi connectivity index (χ4v) is 3.58. The molecule has 29 heavy (non-hydrogen) atoms. The summed E-state index contributed by atoms with van der Waals surface area (Å²) in [6.07, 6.45) is 1.37. The summed E-state index contributed by atoms with van der Waals surface area (Å²) in [5, 5.41) is 0. The summed E-state index contributed by atoms with van der Waals surface area (Å²) in [5.74, 6) is -0.707. The molecule has 9 heteroatoms. The molecule has 0 unspecified atom stereocenters. The van der Waals surface area contributed by atoms with Gasteiger partial charge in [0.2, 0.25) is 0 Å². The van der Waals surface area contributed by atoms with E-state index in [1.165, 1.54) is 48.7 Å². The predicted molar refractivity (Wildman–Crippen MR) is 107 cm³/mol. The number of amides is 2. The molecule has 0 radical (unpaired) electrons. The van der Waals surface area contributed by atoms with E-state index in [4.69, 9.17) is 4.42 Å². The lowest BCUT2D eigenvalue weighted by Crippen LogP contribution is -2.41. The highest BCUT2D eigenvalue weighted by Crippen LogP contribution is 2.18. The van der Waals surface area contributed by atoms with Gasteiger partial charge in [-0.05, 0) is 50.2 Å². The minimum atomic E-state index is -3.79. The van der Waals surface area contributed by atoms with Gasteiger partial charge in [-0.1, -0.05) is 23.8 Å². The van der Waals surface area contributed by atoms with Crippen molar-refractivity contribution >= 4 is 27.5 Å². The maximum Gasteiger partial charge on any atom is 0.273 e. The summed E-state index contributed by atoms with van der Waals surface area (Å²) in [5.41, 5.74) is 6.19. The van der Waals surface area contributed by atoms with Gasteiger partial charge in [0.25, 0.3) is 21.8 Å². The molecule has 150 valence electrons. The second kappa shape index (κ2) is 8.19. The molecule has 0 bridgehead atoms. The summed E-state index contributed by atoms with van der Waals surface area (Å²) in [6.45, 7) is 3.49. The first kappa shape index (κ1) is 20.2. The van der Waals surface area contributed by atoms with Crippen LogP contribution >= 0.6 is 0 Å². The molecule has 2 aromatic carbocycles. The number of hydrogen-bond acceptors (Lipinski definition) is 5. The molecule has 0 saturated carbocycles. The molecule has 0 spiro atoms. The Labute approximate surface area is 168 Å². The first-order chi connectivity index (χ1) is 13.8. The molecule has 3 N–H and O–H groups in total. The van der Waals surface area contributed by atoms with Crippen LogP contribution < -0.4 is 15.6 Å². The Morgan fingerprint density at radius 2 is 1.59 bits per heavy atom. The van der Waals surface area contributed by atoms with E-state index in [9.17, 15) is 18.0 Å². The third-order valence-electron chi connectivity index (χ3n) is 4.10. The second-order valence-corrected chi connectivity index (χ2v) is 7.98. The number of benzene rings is 2. The first-order valence-corrected chi connectivity index (χ1v) is 10.1. The summed E-state index contributed by atoms with van der Waals surface area (Å²) in [6, 6.07) is 13.8. The van der Waals surface area contributed by atoms with Crippen molar-refractivity contribution in [2.45, 2.75) is 18.7 Å². The van der Waals surface area contributed by atoms with Crippen LogP contribution in [0.25, 0.3) is 0 Å². The number of hydrogen-bond donors (Lipinski definition) is 3. The Morgan fingerprint density at radius 3 is 2.24 bits per heavy atom. The standard InChI is InChI=1S/C20H19N3O5S/c1-13-6-8-17(9-7-13)29(26,27)23-16-5-3-4-15(12-16)19(24)21-22-20(25)18-10-11-28-14(18)2/h3-12,23H,1-2H3,(H,21,24)(H,22,25). The molecule has 3 aromatic rings. The van der Waals surface area contributed by atoms with E-state index in [-0.39, 0.29) is 16.1 Å². The van der Waals surface area contributed by atoms with Crippen LogP contribution in [0.15, 0.2) is 70.2 Å². The molecular weight excluding hydrogens is 394 g/mol. The molecule has 3 rings (SSSR count). The smallest absolute Gasteiger partial charge is 0.273 e. The van der Waals surface area contributed by atoms with E-state index in [0.717, 1.165) is 5.56 Å².